The molecule has 5 nitrogen and oxygen atoms in total. The van der Waals surface area contributed by atoms with E-state index in [9.17, 15) is 4.79 Å². The molecule has 0 spiro atoms. The third kappa shape index (κ3) is 3.40. The van der Waals surface area contributed by atoms with Crippen LogP contribution in [0.4, 0.5) is 4.79 Å². The molecule has 1 rings (SSSR count). The molecule has 1 aliphatic rings. The van der Waals surface area contributed by atoms with Gasteiger partial charge >= 0.3 is 6.09 Å². The van der Waals surface area contributed by atoms with Crippen LogP contribution in [0.3, 0.4) is 0 Å². The van der Waals surface area contributed by atoms with E-state index in [4.69, 9.17) is 4.74 Å². The number of carbonyl (C=O) groups excluding carboxylic acids is 1. The minimum atomic E-state index is -0.433. The van der Waals surface area contributed by atoms with Crippen molar-refractivity contribution in [1.29, 1.82) is 0 Å². The predicted molar refractivity (Wildman–Crippen MR) is 63.5 cm³/mol. The lowest BCUT2D eigenvalue weighted by Gasteiger charge is -2.25. The Bertz CT molecular complexity index is 273. The number of likely N-dealkylation sites (N-methyl/N-ethyl adjacent to an activating group) is 1. The second-order valence-electron chi connectivity index (χ2n) is 5.08. The molecule has 1 unspecified atom stereocenters. The van der Waals surface area contributed by atoms with Crippen molar-refractivity contribution in [2.75, 3.05) is 20.1 Å². The monoisotopic (exact) mass is 227 g/mol. The van der Waals surface area contributed by atoms with Gasteiger partial charge in [-0.15, -0.1) is 0 Å². The molecule has 5 heteroatoms. The number of ether oxygens (including phenoxy) is 1. The number of hydrazone groups is 1. The number of nitrogens with zero attached hydrogens (tertiary/aromatic N) is 3. The Morgan fingerprint density at radius 3 is 2.69 bits per heavy atom. The van der Waals surface area contributed by atoms with Gasteiger partial charge in [0.1, 0.15) is 5.60 Å². The maximum absolute atomic E-state index is 11.8. The highest BCUT2D eigenvalue weighted by Gasteiger charge is 2.31. The Labute approximate surface area is 97.0 Å². The summed E-state index contributed by atoms with van der Waals surface area (Å²) in [7, 11) is 1.87. The molecule has 1 heterocycles. The Balaban J connectivity index is 2.47. The molecule has 1 aliphatic heterocycles. The van der Waals surface area contributed by atoms with E-state index in [-0.39, 0.29) is 12.1 Å². The van der Waals surface area contributed by atoms with Gasteiger partial charge in [0, 0.05) is 26.9 Å². The van der Waals surface area contributed by atoms with E-state index in [2.05, 4.69) is 11.8 Å². The van der Waals surface area contributed by atoms with Gasteiger partial charge in [-0.25, -0.2) is 4.79 Å². The van der Waals surface area contributed by atoms with Gasteiger partial charge in [-0.3, -0.25) is 5.01 Å². The molecule has 0 aromatic rings. The highest BCUT2D eigenvalue weighted by atomic mass is 16.6. The van der Waals surface area contributed by atoms with Crippen LogP contribution in [0, 0.1) is 0 Å². The van der Waals surface area contributed by atoms with Crippen LogP contribution in [0.5, 0.6) is 0 Å². The first-order chi connectivity index (χ1) is 7.33. The number of hydrogen-bond donors (Lipinski definition) is 0. The molecule has 1 atom stereocenters. The zero-order chi connectivity index (χ0) is 12.3. The lowest BCUT2D eigenvalue weighted by atomic mass is 10.2. The molecule has 0 aliphatic carbocycles. The van der Waals surface area contributed by atoms with Crippen LogP contribution in [-0.4, -0.2) is 54.5 Å². The van der Waals surface area contributed by atoms with Gasteiger partial charge < -0.3 is 9.64 Å². The summed E-state index contributed by atoms with van der Waals surface area (Å²) in [6.07, 6.45) is 0.668. The van der Waals surface area contributed by atoms with Crippen molar-refractivity contribution < 1.29 is 9.53 Å². The summed E-state index contributed by atoms with van der Waals surface area (Å²) in [6, 6.07) is 0.255. The van der Waals surface area contributed by atoms with Gasteiger partial charge in [0.05, 0.1) is 6.04 Å². The molecule has 0 radical (unpaired) electrons. The van der Waals surface area contributed by atoms with Crippen molar-refractivity contribution in [3.8, 4) is 0 Å². The molecule has 1 saturated heterocycles. The summed E-state index contributed by atoms with van der Waals surface area (Å²) in [4.78, 5) is 13.5. The average Bonchev–Trinajstić information content (AvgIpc) is 2.62. The van der Waals surface area contributed by atoms with Gasteiger partial charge in [0.2, 0.25) is 0 Å². The highest BCUT2D eigenvalue weighted by Crippen LogP contribution is 2.17. The zero-order valence-corrected chi connectivity index (χ0v) is 10.6. The SMILES string of the molecule is C=NN(C)C1CCN(C(=O)OC(C)(C)C)C1. The largest absolute Gasteiger partial charge is 0.444 e. The lowest BCUT2D eigenvalue weighted by molar-refractivity contribution is 0.0283. The Morgan fingerprint density at radius 2 is 2.19 bits per heavy atom. The van der Waals surface area contributed by atoms with Crippen LogP contribution < -0.4 is 0 Å². The number of hydrogen-bond acceptors (Lipinski definition) is 4. The normalized spacial score (nSPS) is 20.8. The molecule has 0 aromatic heterocycles. The minimum Gasteiger partial charge on any atom is -0.444 e. The molecule has 1 amide bonds. The number of likely N-dealkylation sites (tertiary alicyclic amines) is 1. The first-order valence-electron chi connectivity index (χ1n) is 5.51. The Morgan fingerprint density at radius 1 is 1.56 bits per heavy atom. The van der Waals surface area contributed by atoms with Crippen molar-refractivity contribution in [2.45, 2.75) is 38.8 Å². The maximum Gasteiger partial charge on any atom is 0.410 e. The van der Waals surface area contributed by atoms with Gasteiger partial charge in [-0.2, -0.15) is 5.10 Å². The molecule has 0 aromatic carbocycles. The fourth-order valence-electron chi connectivity index (χ4n) is 1.65. The summed E-state index contributed by atoms with van der Waals surface area (Å²) in [5.41, 5.74) is -0.433. The van der Waals surface area contributed by atoms with Gasteiger partial charge in [-0.05, 0) is 27.2 Å². The Hall–Kier alpha value is -1.26. The molecule has 0 N–H and O–H groups in total. The van der Waals surface area contributed by atoms with Crippen molar-refractivity contribution in [2.24, 2.45) is 5.10 Å². The summed E-state index contributed by atoms with van der Waals surface area (Å²) in [6.45, 7) is 10.5. The first-order valence-corrected chi connectivity index (χ1v) is 5.51. The summed E-state index contributed by atoms with van der Waals surface area (Å²) < 4.78 is 5.31. The standard InChI is InChI=1S/C11H21N3O2/c1-11(2,3)16-10(15)14-7-6-9(8-14)13(5)12-4/h9H,4,6-8H2,1-3,5H3. The third-order valence-electron chi connectivity index (χ3n) is 2.57. The minimum absolute atomic E-state index is 0.243. The number of rotatable bonds is 2. The van der Waals surface area contributed by atoms with E-state index >= 15 is 0 Å². The van der Waals surface area contributed by atoms with E-state index in [1.54, 1.807) is 9.91 Å². The molecule has 92 valence electrons. The fourth-order valence-corrected chi connectivity index (χ4v) is 1.65. The van der Waals surface area contributed by atoms with Crippen molar-refractivity contribution >= 4 is 12.8 Å². The second-order valence-corrected chi connectivity index (χ2v) is 5.08. The zero-order valence-electron chi connectivity index (χ0n) is 10.6. The van der Waals surface area contributed by atoms with E-state index < -0.39 is 5.60 Å². The van der Waals surface area contributed by atoms with Crippen molar-refractivity contribution in [3.63, 3.8) is 0 Å². The number of amides is 1. The predicted octanol–water partition coefficient (Wildman–Crippen LogP) is 1.54. The van der Waals surface area contributed by atoms with Crippen molar-refractivity contribution in [3.05, 3.63) is 0 Å². The molecule has 16 heavy (non-hydrogen) atoms. The average molecular weight is 227 g/mol. The van der Waals surface area contributed by atoms with Crippen LogP contribution in [0.1, 0.15) is 27.2 Å². The maximum atomic E-state index is 11.8. The van der Waals surface area contributed by atoms with Gasteiger partial charge in [0.25, 0.3) is 0 Å². The molecular formula is C11H21N3O2. The van der Waals surface area contributed by atoms with Crippen molar-refractivity contribution in [1.82, 2.24) is 9.91 Å². The molecule has 0 saturated carbocycles. The summed E-state index contributed by atoms with van der Waals surface area (Å²) in [5, 5.41) is 5.64. The molecule has 0 bridgehead atoms. The van der Waals surface area contributed by atoms with Crippen LogP contribution >= 0.6 is 0 Å². The summed E-state index contributed by atoms with van der Waals surface area (Å²) in [5.74, 6) is 0. The second kappa shape index (κ2) is 4.72. The van der Waals surface area contributed by atoms with Gasteiger partial charge in [0.15, 0.2) is 0 Å². The summed E-state index contributed by atoms with van der Waals surface area (Å²) >= 11 is 0. The topological polar surface area (TPSA) is 45.1 Å². The molecular weight excluding hydrogens is 206 g/mol. The smallest absolute Gasteiger partial charge is 0.410 e. The van der Waals surface area contributed by atoms with E-state index in [0.717, 1.165) is 13.0 Å². The third-order valence-corrected chi connectivity index (χ3v) is 2.57. The van der Waals surface area contributed by atoms with E-state index in [1.807, 2.05) is 27.8 Å². The van der Waals surface area contributed by atoms with E-state index in [1.165, 1.54) is 0 Å². The van der Waals surface area contributed by atoms with Crippen LogP contribution in [0.15, 0.2) is 5.10 Å². The van der Waals surface area contributed by atoms with Crippen LogP contribution in [0.2, 0.25) is 0 Å². The van der Waals surface area contributed by atoms with Crippen LogP contribution in [0.25, 0.3) is 0 Å². The highest BCUT2D eigenvalue weighted by molar-refractivity contribution is 5.68. The quantitative estimate of drug-likeness (QED) is 0.531. The van der Waals surface area contributed by atoms with Gasteiger partial charge in [-0.1, -0.05) is 0 Å². The Kier molecular flexibility index (Phi) is 3.78. The lowest BCUT2D eigenvalue weighted by Crippen LogP contribution is -2.37. The van der Waals surface area contributed by atoms with E-state index in [0.29, 0.717) is 6.54 Å². The number of carbonyl (C=O) groups is 1. The van der Waals surface area contributed by atoms with Crippen LogP contribution in [-0.2, 0) is 4.74 Å². The fraction of sp³-hybridized carbons (Fsp3) is 0.818. The first kappa shape index (κ1) is 12.8. The molecule has 1 fully saturated rings.